The van der Waals surface area contributed by atoms with Crippen LogP contribution < -0.4 is 15.5 Å². The molecule has 142 valence electrons. The molecule has 1 aliphatic heterocycles. The number of anilines is 1. The summed E-state index contributed by atoms with van der Waals surface area (Å²) in [5, 5.41) is 6.73. The van der Waals surface area contributed by atoms with Gasteiger partial charge in [0.2, 0.25) is 0 Å². The molecule has 0 radical (unpaired) electrons. The molecule has 3 heterocycles. The molecule has 2 aromatic heterocycles. The number of nitrogens with zero attached hydrogens (tertiary/aromatic N) is 3. The first-order chi connectivity index (χ1) is 12.2. The van der Waals surface area contributed by atoms with E-state index in [1.54, 1.807) is 0 Å². The van der Waals surface area contributed by atoms with Crippen molar-refractivity contribution in [3.05, 3.63) is 45.8 Å². The van der Waals surface area contributed by atoms with Crippen molar-refractivity contribution in [3.63, 3.8) is 0 Å². The lowest BCUT2D eigenvalue weighted by molar-refractivity contribution is 0.822. The number of rotatable bonds is 6. The van der Waals surface area contributed by atoms with Crippen molar-refractivity contribution >= 4 is 47.1 Å². The number of hydrogen-bond acceptors (Lipinski definition) is 4. The monoisotopic (exact) mass is 485 g/mol. The highest BCUT2D eigenvalue weighted by molar-refractivity contribution is 14.0. The van der Waals surface area contributed by atoms with Crippen LogP contribution in [0.3, 0.4) is 0 Å². The quantitative estimate of drug-likeness (QED) is 0.370. The van der Waals surface area contributed by atoms with Gasteiger partial charge in [-0.3, -0.25) is 0 Å². The topological polar surface area (TPSA) is 52.6 Å². The van der Waals surface area contributed by atoms with Crippen molar-refractivity contribution in [2.24, 2.45) is 4.99 Å². The van der Waals surface area contributed by atoms with Gasteiger partial charge < -0.3 is 15.5 Å². The van der Waals surface area contributed by atoms with Gasteiger partial charge in [0.05, 0.1) is 13.1 Å². The maximum absolute atomic E-state index is 4.73. The van der Waals surface area contributed by atoms with E-state index in [2.05, 4.69) is 58.6 Å². The van der Waals surface area contributed by atoms with E-state index in [4.69, 9.17) is 4.99 Å². The molecule has 0 spiro atoms. The number of guanidine groups is 1. The molecule has 1 fully saturated rings. The van der Waals surface area contributed by atoms with Gasteiger partial charge in [-0.05, 0) is 56.5 Å². The van der Waals surface area contributed by atoms with E-state index in [0.29, 0.717) is 6.54 Å². The van der Waals surface area contributed by atoms with Crippen molar-refractivity contribution in [1.82, 2.24) is 15.6 Å². The summed E-state index contributed by atoms with van der Waals surface area (Å²) in [7, 11) is 0. The molecule has 1 aliphatic rings. The summed E-state index contributed by atoms with van der Waals surface area (Å²) in [4.78, 5) is 14.3. The van der Waals surface area contributed by atoms with Crippen LogP contribution in [0.4, 0.5) is 5.82 Å². The van der Waals surface area contributed by atoms with Crippen LogP contribution in [0.15, 0.2) is 35.5 Å². The van der Waals surface area contributed by atoms with Crippen LogP contribution in [0, 0.1) is 6.92 Å². The molecular formula is C19H28IN5S. The Kier molecular flexibility index (Phi) is 8.64. The van der Waals surface area contributed by atoms with Crippen molar-refractivity contribution < 1.29 is 0 Å². The summed E-state index contributed by atoms with van der Waals surface area (Å²) < 4.78 is 0. The van der Waals surface area contributed by atoms with Gasteiger partial charge in [0.25, 0.3) is 0 Å². The summed E-state index contributed by atoms with van der Waals surface area (Å²) in [6.07, 6.45) is 4.43. The Labute approximate surface area is 177 Å². The minimum atomic E-state index is 0. The van der Waals surface area contributed by atoms with E-state index >= 15 is 0 Å². The molecule has 7 heteroatoms. The maximum Gasteiger partial charge on any atom is 0.191 e. The molecule has 2 aromatic rings. The Morgan fingerprint density at radius 1 is 1.23 bits per heavy atom. The molecule has 0 amide bonds. The Morgan fingerprint density at radius 2 is 2.04 bits per heavy atom. The molecule has 0 atom stereocenters. The minimum absolute atomic E-state index is 0. The van der Waals surface area contributed by atoms with Gasteiger partial charge in [0.15, 0.2) is 5.96 Å². The van der Waals surface area contributed by atoms with Gasteiger partial charge in [-0.1, -0.05) is 0 Å². The van der Waals surface area contributed by atoms with Crippen LogP contribution in [0.2, 0.25) is 0 Å². The number of aryl methyl sites for hydroxylation is 1. The third-order valence-corrected chi connectivity index (χ3v) is 5.23. The average molecular weight is 485 g/mol. The summed E-state index contributed by atoms with van der Waals surface area (Å²) in [5.74, 6) is 1.94. The lowest BCUT2D eigenvalue weighted by atomic mass is 10.2. The molecule has 5 nitrogen and oxygen atoms in total. The number of halogens is 1. The van der Waals surface area contributed by atoms with Crippen LogP contribution >= 0.6 is 35.3 Å². The normalized spacial score (nSPS) is 14.2. The summed E-state index contributed by atoms with van der Waals surface area (Å²) in [5.41, 5.74) is 1.20. The zero-order chi connectivity index (χ0) is 17.5. The molecule has 2 N–H and O–H groups in total. The number of aromatic nitrogens is 1. The Morgan fingerprint density at radius 3 is 2.73 bits per heavy atom. The van der Waals surface area contributed by atoms with Gasteiger partial charge in [-0.2, -0.15) is 0 Å². The van der Waals surface area contributed by atoms with E-state index in [9.17, 15) is 0 Å². The van der Waals surface area contributed by atoms with Crippen molar-refractivity contribution in [2.45, 2.75) is 39.8 Å². The molecule has 0 unspecified atom stereocenters. The van der Waals surface area contributed by atoms with Crippen LogP contribution in [0.1, 0.15) is 35.1 Å². The maximum atomic E-state index is 4.73. The standard InChI is InChI=1S/C19H27N5S.HI/c1-3-20-19(23-14-17-7-6-15(2)25-17)22-13-16-8-9-21-18(12-16)24-10-4-5-11-24;/h6-9,12H,3-5,10-11,13-14H2,1-2H3,(H2,20,22,23);1H. The average Bonchev–Trinajstić information content (AvgIpc) is 3.29. The highest BCUT2D eigenvalue weighted by Gasteiger charge is 2.13. The molecule has 26 heavy (non-hydrogen) atoms. The zero-order valence-corrected chi connectivity index (χ0v) is 18.6. The van der Waals surface area contributed by atoms with Crippen LogP contribution in [-0.4, -0.2) is 30.6 Å². The lowest BCUT2D eigenvalue weighted by Crippen LogP contribution is -2.36. The second-order valence-electron chi connectivity index (χ2n) is 6.28. The summed E-state index contributed by atoms with van der Waals surface area (Å²) in [6.45, 7) is 8.76. The van der Waals surface area contributed by atoms with E-state index in [1.165, 1.54) is 28.2 Å². The molecule has 0 bridgehead atoms. The van der Waals surface area contributed by atoms with E-state index in [0.717, 1.165) is 38.0 Å². The predicted molar refractivity (Wildman–Crippen MR) is 122 cm³/mol. The summed E-state index contributed by atoms with van der Waals surface area (Å²) >= 11 is 1.82. The van der Waals surface area contributed by atoms with Gasteiger partial charge in [-0.15, -0.1) is 35.3 Å². The fourth-order valence-electron chi connectivity index (χ4n) is 2.94. The molecule has 3 rings (SSSR count). The van der Waals surface area contributed by atoms with E-state index in [1.807, 2.05) is 17.5 Å². The number of pyridine rings is 1. The predicted octanol–water partition coefficient (Wildman–Crippen LogP) is 3.93. The zero-order valence-electron chi connectivity index (χ0n) is 15.5. The first-order valence-electron chi connectivity index (χ1n) is 9.02. The smallest absolute Gasteiger partial charge is 0.191 e. The number of thiophene rings is 1. The van der Waals surface area contributed by atoms with E-state index in [-0.39, 0.29) is 24.0 Å². The molecular weight excluding hydrogens is 457 g/mol. The molecule has 0 aromatic carbocycles. The van der Waals surface area contributed by atoms with Gasteiger partial charge in [0.1, 0.15) is 5.82 Å². The van der Waals surface area contributed by atoms with Gasteiger partial charge in [0, 0.05) is 35.6 Å². The Balaban J connectivity index is 0.00000243. The molecule has 0 saturated carbocycles. The van der Waals surface area contributed by atoms with Gasteiger partial charge in [-0.25, -0.2) is 9.98 Å². The van der Waals surface area contributed by atoms with Crippen LogP contribution in [0.5, 0.6) is 0 Å². The Bertz CT molecular complexity index is 709. The number of nitrogens with one attached hydrogen (secondary N) is 2. The largest absolute Gasteiger partial charge is 0.357 e. The van der Waals surface area contributed by atoms with Crippen LogP contribution in [-0.2, 0) is 13.1 Å². The highest BCUT2D eigenvalue weighted by atomic mass is 127. The third kappa shape index (κ3) is 6.12. The minimum Gasteiger partial charge on any atom is -0.357 e. The van der Waals surface area contributed by atoms with Gasteiger partial charge >= 0.3 is 0 Å². The molecule has 0 aliphatic carbocycles. The van der Waals surface area contributed by atoms with Crippen molar-refractivity contribution in [2.75, 3.05) is 24.5 Å². The lowest BCUT2D eigenvalue weighted by Gasteiger charge is -2.16. The number of hydrogen-bond donors (Lipinski definition) is 2. The first kappa shape index (κ1) is 21.0. The fraction of sp³-hybridized carbons (Fsp3) is 0.474. The van der Waals surface area contributed by atoms with Crippen molar-refractivity contribution in [1.29, 1.82) is 0 Å². The SMILES string of the molecule is CCNC(=NCc1ccnc(N2CCCC2)c1)NCc1ccc(C)s1.I. The second-order valence-corrected chi connectivity index (χ2v) is 7.65. The van der Waals surface area contributed by atoms with Crippen molar-refractivity contribution in [3.8, 4) is 0 Å². The third-order valence-electron chi connectivity index (χ3n) is 4.23. The molecule has 1 saturated heterocycles. The first-order valence-corrected chi connectivity index (χ1v) is 9.83. The van der Waals surface area contributed by atoms with Crippen LogP contribution in [0.25, 0.3) is 0 Å². The summed E-state index contributed by atoms with van der Waals surface area (Å²) in [6, 6.07) is 8.54. The number of aliphatic imine (C=N–C) groups is 1. The van der Waals surface area contributed by atoms with E-state index < -0.39 is 0 Å². The second kappa shape index (κ2) is 10.7. The fourth-order valence-corrected chi connectivity index (χ4v) is 3.77. The Hall–Kier alpha value is -1.35. The highest BCUT2D eigenvalue weighted by Crippen LogP contribution is 2.19.